The van der Waals surface area contributed by atoms with Crippen molar-refractivity contribution >= 4 is 23.2 Å². The second-order valence-corrected chi connectivity index (χ2v) is 4.21. The van der Waals surface area contributed by atoms with E-state index in [4.69, 9.17) is 27.8 Å². The van der Waals surface area contributed by atoms with Gasteiger partial charge in [0, 0.05) is 11.8 Å². The van der Waals surface area contributed by atoms with Gasteiger partial charge in [-0.05, 0) is 30.3 Å². The Labute approximate surface area is 113 Å². The molecule has 0 bridgehead atoms. The van der Waals surface area contributed by atoms with E-state index in [1.807, 2.05) is 0 Å². The lowest BCUT2D eigenvalue weighted by Crippen LogP contribution is -2.12. The van der Waals surface area contributed by atoms with Crippen molar-refractivity contribution < 1.29 is 13.9 Å². The van der Waals surface area contributed by atoms with Crippen LogP contribution >= 0.6 is 11.6 Å². The number of amides is 1. The Kier molecular flexibility index (Phi) is 3.57. The zero-order valence-electron chi connectivity index (χ0n) is 9.69. The SMILES string of the molecule is NC(=O)c1cc(N)ccc1Oc1ccc(Cl)c(F)c1. The van der Waals surface area contributed by atoms with Crippen LogP contribution in [0.3, 0.4) is 0 Å². The highest BCUT2D eigenvalue weighted by molar-refractivity contribution is 6.30. The highest BCUT2D eigenvalue weighted by Crippen LogP contribution is 2.29. The van der Waals surface area contributed by atoms with Crippen LogP contribution in [-0.4, -0.2) is 5.91 Å². The van der Waals surface area contributed by atoms with E-state index >= 15 is 0 Å². The first-order chi connectivity index (χ1) is 8.97. The minimum atomic E-state index is -0.684. The Morgan fingerprint density at radius 1 is 1.21 bits per heavy atom. The number of benzene rings is 2. The second kappa shape index (κ2) is 5.16. The molecule has 0 unspecified atom stereocenters. The topological polar surface area (TPSA) is 78.3 Å². The van der Waals surface area contributed by atoms with Crippen molar-refractivity contribution in [1.82, 2.24) is 0 Å². The van der Waals surface area contributed by atoms with Gasteiger partial charge in [0.1, 0.15) is 17.3 Å². The first-order valence-corrected chi connectivity index (χ1v) is 5.67. The van der Waals surface area contributed by atoms with E-state index in [2.05, 4.69) is 0 Å². The second-order valence-electron chi connectivity index (χ2n) is 3.80. The minimum absolute atomic E-state index is 0.0141. The van der Waals surface area contributed by atoms with Crippen molar-refractivity contribution in [1.29, 1.82) is 0 Å². The zero-order chi connectivity index (χ0) is 14.0. The Morgan fingerprint density at radius 3 is 2.58 bits per heavy atom. The maximum Gasteiger partial charge on any atom is 0.252 e. The summed E-state index contributed by atoms with van der Waals surface area (Å²) >= 11 is 5.56. The van der Waals surface area contributed by atoms with Gasteiger partial charge < -0.3 is 16.2 Å². The molecule has 98 valence electrons. The standard InChI is InChI=1S/C13H10ClFN2O2/c14-10-3-2-8(6-11(10)15)19-12-4-1-7(16)5-9(12)13(17)18/h1-6H,16H2,(H2,17,18). The predicted octanol–water partition coefficient (Wildman–Crippen LogP) is 2.95. The number of hydrogen-bond donors (Lipinski definition) is 2. The van der Waals surface area contributed by atoms with Gasteiger partial charge in [-0.15, -0.1) is 0 Å². The van der Waals surface area contributed by atoms with E-state index in [0.29, 0.717) is 5.69 Å². The lowest BCUT2D eigenvalue weighted by molar-refractivity contribution is 0.0998. The van der Waals surface area contributed by atoms with Gasteiger partial charge in [0.05, 0.1) is 10.6 Å². The van der Waals surface area contributed by atoms with Crippen molar-refractivity contribution in [3.8, 4) is 11.5 Å². The monoisotopic (exact) mass is 280 g/mol. The molecule has 0 aromatic heterocycles. The molecule has 4 nitrogen and oxygen atoms in total. The molecule has 0 radical (unpaired) electrons. The molecule has 19 heavy (non-hydrogen) atoms. The van der Waals surface area contributed by atoms with Crippen LogP contribution in [0.15, 0.2) is 36.4 Å². The van der Waals surface area contributed by atoms with Crippen molar-refractivity contribution in [2.75, 3.05) is 5.73 Å². The molecule has 0 fully saturated rings. The van der Waals surface area contributed by atoms with E-state index in [9.17, 15) is 9.18 Å². The molecular weight excluding hydrogens is 271 g/mol. The maximum atomic E-state index is 13.3. The number of carbonyl (C=O) groups is 1. The summed E-state index contributed by atoms with van der Waals surface area (Å²) < 4.78 is 18.7. The summed E-state index contributed by atoms with van der Waals surface area (Å²) in [5, 5.41) is -0.0141. The molecule has 0 aliphatic carbocycles. The van der Waals surface area contributed by atoms with Gasteiger partial charge in [0.25, 0.3) is 5.91 Å². The largest absolute Gasteiger partial charge is 0.456 e. The van der Waals surface area contributed by atoms with Crippen LogP contribution in [-0.2, 0) is 0 Å². The molecule has 0 heterocycles. The Bertz CT molecular complexity index is 647. The molecule has 0 atom stereocenters. The number of halogens is 2. The smallest absolute Gasteiger partial charge is 0.252 e. The minimum Gasteiger partial charge on any atom is -0.456 e. The molecule has 2 rings (SSSR count). The molecule has 0 saturated heterocycles. The quantitative estimate of drug-likeness (QED) is 0.849. The summed E-state index contributed by atoms with van der Waals surface area (Å²) in [6.45, 7) is 0. The number of primary amides is 1. The fraction of sp³-hybridized carbons (Fsp3) is 0. The Balaban J connectivity index is 2.37. The number of carbonyl (C=O) groups excluding carboxylic acids is 1. The zero-order valence-corrected chi connectivity index (χ0v) is 10.4. The number of anilines is 1. The Morgan fingerprint density at radius 2 is 1.95 bits per heavy atom. The molecule has 4 N–H and O–H groups in total. The summed E-state index contributed by atoms with van der Waals surface area (Å²) in [5.41, 5.74) is 11.3. The lowest BCUT2D eigenvalue weighted by atomic mass is 10.1. The molecular formula is C13H10ClFN2O2. The van der Waals surface area contributed by atoms with E-state index in [1.54, 1.807) is 6.07 Å². The maximum absolute atomic E-state index is 13.3. The van der Waals surface area contributed by atoms with Crippen LogP contribution in [0.4, 0.5) is 10.1 Å². The van der Waals surface area contributed by atoms with Gasteiger partial charge in [-0.2, -0.15) is 0 Å². The molecule has 2 aromatic carbocycles. The molecule has 2 aromatic rings. The van der Waals surface area contributed by atoms with Crippen LogP contribution in [0.2, 0.25) is 5.02 Å². The molecule has 6 heteroatoms. The van der Waals surface area contributed by atoms with Gasteiger partial charge in [-0.25, -0.2) is 4.39 Å². The van der Waals surface area contributed by atoms with Gasteiger partial charge in [0.2, 0.25) is 0 Å². The van der Waals surface area contributed by atoms with Gasteiger partial charge in [0.15, 0.2) is 0 Å². The number of nitrogens with two attached hydrogens (primary N) is 2. The van der Waals surface area contributed by atoms with Crippen molar-refractivity contribution in [3.05, 3.63) is 52.8 Å². The van der Waals surface area contributed by atoms with Crippen molar-refractivity contribution in [2.45, 2.75) is 0 Å². The van der Waals surface area contributed by atoms with Crippen LogP contribution in [0, 0.1) is 5.82 Å². The predicted molar refractivity (Wildman–Crippen MR) is 70.9 cm³/mol. The third-order valence-corrected chi connectivity index (χ3v) is 2.69. The van der Waals surface area contributed by atoms with Crippen LogP contribution < -0.4 is 16.2 Å². The summed E-state index contributed by atoms with van der Waals surface area (Å²) in [6, 6.07) is 8.38. The highest BCUT2D eigenvalue weighted by atomic mass is 35.5. The average Bonchev–Trinajstić information content (AvgIpc) is 2.36. The van der Waals surface area contributed by atoms with Crippen molar-refractivity contribution in [2.24, 2.45) is 5.73 Å². The fourth-order valence-corrected chi connectivity index (χ4v) is 1.61. The van der Waals surface area contributed by atoms with E-state index in [0.717, 1.165) is 6.07 Å². The summed E-state index contributed by atoms with van der Waals surface area (Å²) in [4.78, 5) is 11.3. The molecule has 0 saturated carbocycles. The number of rotatable bonds is 3. The van der Waals surface area contributed by atoms with Gasteiger partial charge >= 0.3 is 0 Å². The van der Waals surface area contributed by atoms with E-state index in [-0.39, 0.29) is 22.1 Å². The van der Waals surface area contributed by atoms with Crippen molar-refractivity contribution in [3.63, 3.8) is 0 Å². The highest BCUT2D eigenvalue weighted by Gasteiger charge is 2.11. The summed E-state index contributed by atoms with van der Waals surface area (Å²) in [5.74, 6) is -0.899. The number of nitrogen functional groups attached to an aromatic ring is 1. The molecule has 0 spiro atoms. The van der Waals surface area contributed by atoms with Crippen LogP contribution in [0.1, 0.15) is 10.4 Å². The molecule has 0 aliphatic rings. The first kappa shape index (κ1) is 13.2. The average molecular weight is 281 g/mol. The third kappa shape index (κ3) is 2.95. The molecule has 1 amide bonds. The van der Waals surface area contributed by atoms with Crippen LogP contribution in [0.25, 0.3) is 0 Å². The first-order valence-electron chi connectivity index (χ1n) is 5.29. The normalized spacial score (nSPS) is 10.2. The fourth-order valence-electron chi connectivity index (χ4n) is 1.50. The number of ether oxygens (including phenoxy) is 1. The summed E-state index contributed by atoms with van der Waals surface area (Å²) in [6.07, 6.45) is 0. The van der Waals surface area contributed by atoms with Crippen LogP contribution in [0.5, 0.6) is 11.5 Å². The third-order valence-electron chi connectivity index (χ3n) is 2.39. The number of hydrogen-bond acceptors (Lipinski definition) is 3. The Hall–Kier alpha value is -2.27. The van der Waals surface area contributed by atoms with Gasteiger partial charge in [-0.3, -0.25) is 4.79 Å². The van der Waals surface area contributed by atoms with E-state index in [1.165, 1.54) is 24.3 Å². The summed E-state index contributed by atoms with van der Waals surface area (Å²) in [7, 11) is 0. The lowest BCUT2D eigenvalue weighted by Gasteiger charge is -2.10. The van der Waals surface area contributed by atoms with E-state index < -0.39 is 11.7 Å². The van der Waals surface area contributed by atoms with Gasteiger partial charge in [-0.1, -0.05) is 11.6 Å². The molecule has 0 aliphatic heterocycles.